The van der Waals surface area contributed by atoms with Crippen LogP contribution in [0.15, 0.2) is 17.6 Å². The molecule has 0 spiro atoms. The quantitative estimate of drug-likeness (QED) is 0.617. The first-order valence-electron chi connectivity index (χ1n) is 9.29. The molecule has 142 valence electrons. The maximum absolute atomic E-state index is 13.2. The van der Waals surface area contributed by atoms with Gasteiger partial charge in [-0.1, -0.05) is 15.9 Å². The first-order chi connectivity index (χ1) is 12.8. The van der Waals surface area contributed by atoms with Crippen LogP contribution in [0.2, 0.25) is 0 Å². The van der Waals surface area contributed by atoms with E-state index in [4.69, 9.17) is 5.73 Å². The topological polar surface area (TPSA) is 101 Å². The highest BCUT2D eigenvalue weighted by molar-refractivity contribution is 9.10. The van der Waals surface area contributed by atoms with Gasteiger partial charge in [0, 0.05) is 21.5 Å². The Hall–Kier alpha value is -1.67. The van der Waals surface area contributed by atoms with Crippen molar-refractivity contribution >= 4 is 44.2 Å². The highest BCUT2D eigenvalue weighted by atomic mass is 79.9. The van der Waals surface area contributed by atoms with E-state index in [9.17, 15) is 9.59 Å². The zero-order valence-corrected chi connectivity index (χ0v) is 17.2. The lowest BCUT2D eigenvalue weighted by molar-refractivity contribution is -0.138. The van der Waals surface area contributed by atoms with Crippen molar-refractivity contribution in [2.75, 3.05) is 5.32 Å². The van der Waals surface area contributed by atoms with Gasteiger partial charge in [-0.3, -0.25) is 9.59 Å². The van der Waals surface area contributed by atoms with Crippen molar-refractivity contribution in [1.82, 2.24) is 9.97 Å². The monoisotopic (exact) mass is 448 g/mol. The van der Waals surface area contributed by atoms with E-state index in [-0.39, 0.29) is 15.6 Å². The van der Waals surface area contributed by atoms with Gasteiger partial charge in [0.05, 0.1) is 11.1 Å². The third kappa shape index (κ3) is 2.93. The summed E-state index contributed by atoms with van der Waals surface area (Å²) in [7, 11) is 0. The third-order valence-electron chi connectivity index (χ3n) is 6.44. The van der Waals surface area contributed by atoms with Gasteiger partial charge in [-0.25, -0.2) is 4.98 Å². The molecule has 2 aromatic heterocycles. The molecule has 2 atom stereocenters. The minimum Gasteiger partial charge on any atom is -0.364 e. The molecule has 6 rings (SSSR count). The van der Waals surface area contributed by atoms with Crippen molar-refractivity contribution in [2.24, 2.45) is 23.0 Å². The Balaban J connectivity index is 1.34. The number of halogens is 1. The van der Waals surface area contributed by atoms with Crippen LogP contribution in [0.3, 0.4) is 0 Å². The molecule has 4 fully saturated rings. The second-order valence-corrected chi connectivity index (χ2v) is 11.1. The van der Waals surface area contributed by atoms with Crippen LogP contribution in [0, 0.1) is 17.3 Å². The molecule has 2 amide bonds. The summed E-state index contributed by atoms with van der Waals surface area (Å²) in [6.45, 7) is 0. The summed E-state index contributed by atoms with van der Waals surface area (Å²) in [5, 5.41) is 5.57. The molecule has 0 aliphatic heterocycles. The van der Waals surface area contributed by atoms with Crippen LogP contribution < -0.4 is 11.1 Å². The predicted molar refractivity (Wildman–Crippen MR) is 108 cm³/mol. The summed E-state index contributed by atoms with van der Waals surface area (Å²) in [5.74, 6) is 0.939. The van der Waals surface area contributed by atoms with Gasteiger partial charge in [0.25, 0.3) is 5.91 Å². The molecule has 0 aromatic carbocycles. The number of rotatable bonds is 4. The second-order valence-electron chi connectivity index (χ2n) is 8.55. The van der Waals surface area contributed by atoms with Gasteiger partial charge in [-0.2, -0.15) is 0 Å². The number of nitrogens with one attached hydrogen (secondary N) is 2. The van der Waals surface area contributed by atoms with Gasteiger partial charge < -0.3 is 16.0 Å². The Labute approximate surface area is 169 Å². The average Bonchev–Trinajstić information content (AvgIpc) is 3.21. The van der Waals surface area contributed by atoms with Crippen LogP contribution in [0.25, 0.3) is 11.3 Å². The van der Waals surface area contributed by atoms with Gasteiger partial charge >= 0.3 is 0 Å². The molecule has 27 heavy (non-hydrogen) atoms. The van der Waals surface area contributed by atoms with Gasteiger partial charge in [-0.15, -0.1) is 11.3 Å². The molecule has 4 aliphatic rings. The molecule has 8 heteroatoms. The molecule has 4 bridgehead atoms. The van der Waals surface area contributed by atoms with Crippen LogP contribution >= 0.6 is 27.3 Å². The molecule has 2 aromatic rings. The molecule has 4 saturated carbocycles. The zero-order chi connectivity index (χ0) is 18.8. The smallest absolute Gasteiger partial charge is 0.265 e. The van der Waals surface area contributed by atoms with Crippen molar-refractivity contribution in [3.05, 3.63) is 23.3 Å². The molecule has 2 unspecified atom stereocenters. The van der Waals surface area contributed by atoms with Crippen molar-refractivity contribution in [2.45, 2.75) is 42.8 Å². The van der Waals surface area contributed by atoms with Crippen molar-refractivity contribution in [1.29, 1.82) is 0 Å². The fraction of sp³-hybridized carbons (Fsp3) is 0.526. The number of nitrogens with zero attached hydrogens (tertiary/aromatic N) is 1. The lowest BCUT2D eigenvalue weighted by Crippen LogP contribution is -2.57. The average molecular weight is 449 g/mol. The molecule has 6 nitrogen and oxygen atoms in total. The third-order valence-corrected chi connectivity index (χ3v) is 8.13. The van der Waals surface area contributed by atoms with E-state index in [1.165, 1.54) is 30.6 Å². The Morgan fingerprint density at radius 2 is 2.04 bits per heavy atom. The maximum atomic E-state index is 13.2. The Kier molecular flexibility index (Phi) is 3.82. The number of hydrogen-bond acceptors (Lipinski definition) is 4. The first-order valence-corrected chi connectivity index (χ1v) is 11.0. The van der Waals surface area contributed by atoms with Gasteiger partial charge in [0.2, 0.25) is 5.91 Å². The fourth-order valence-electron chi connectivity index (χ4n) is 5.79. The number of amides is 2. The Morgan fingerprint density at radius 1 is 1.30 bits per heavy atom. The van der Waals surface area contributed by atoms with E-state index < -0.39 is 5.91 Å². The summed E-state index contributed by atoms with van der Waals surface area (Å²) in [4.78, 5) is 31.8. The van der Waals surface area contributed by atoms with E-state index in [1.54, 1.807) is 12.3 Å². The minimum absolute atomic E-state index is 0.119. The molecule has 0 saturated heterocycles. The number of hydrogen-bond donors (Lipinski definition) is 3. The van der Waals surface area contributed by atoms with Crippen LogP contribution in [-0.4, -0.2) is 26.1 Å². The molecule has 2 heterocycles. The van der Waals surface area contributed by atoms with Crippen LogP contribution in [0.5, 0.6) is 0 Å². The van der Waals surface area contributed by atoms with Gasteiger partial charge in [0.15, 0.2) is 5.13 Å². The van der Waals surface area contributed by atoms with Crippen LogP contribution in [0.4, 0.5) is 5.13 Å². The minimum atomic E-state index is -0.504. The molecule has 4 aliphatic carbocycles. The van der Waals surface area contributed by atoms with Gasteiger partial charge in [0.1, 0.15) is 5.69 Å². The summed E-state index contributed by atoms with van der Waals surface area (Å²) in [5.41, 5.74) is 6.88. The molecule has 4 N–H and O–H groups in total. The van der Waals surface area contributed by atoms with E-state index >= 15 is 0 Å². The number of carbonyl (C=O) groups is 2. The summed E-state index contributed by atoms with van der Waals surface area (Å²) in [6, 6.07) is 1.68. The predicted octanol–water partition coefficient (Wildman–Crippen LogP) is 3.91. The van der Waals surface area contributed by atoms with Crippen LogP contribution in [-0.2, 0) is 4.79 Å². The Bertz CT molecular complexity index is 922. The van der Waals surface area contributed by atoms with Gasteiger partial charge in [-0.05, 0) is 56.4 Å². The highest BCUT2D eigenvalue weighted by Gasteiger charge is 2.59. The van der Waals surface area contributed by atoms with Crippen molar-refractivity contribution < 1.29 is 9.59 Å². The fourth-order valence-corrected chi connectivity index (χ4v) is 7.96. The number of aromatic nitrogens is 2. The summed E-state index contributed by atoms with van der Waals surface area (Å²) in [6.07, 6.45) is 8.32. The van der Waals surface area contributed by atoms with Crippen LogP contribution in [0.1, 0.15) is 49.0 Å². The number of aromatic amines is 1. The maximum Gasteiger partial charge on any atom is 0.265 e. The number of carbonyl (C=O) groups excluding carboxylic acids is 2. The SMILES string of the molecule is NC(=O)c1cc(-c2csc(NC(=O)C34CC5CC(CC(Br)(C5)C3)C4)n2)c[nH]1. The molecular formula is C19H21BrN4O2S. The van der Waals surface area contributed by atoms with Crippen molar-refractivity contribution in [3.63, 3.8) is 0 Å². The zero-order valence-electron chi connectivity index (χ0n) is 14.8. The number of thiazole rings is 1. The lowest BCUT2D eigenvalue weighted by atomic mass is 9.49. The second kappa shape index (κ2) is 5.91. The summed E-state index contributed by atoms with van der Waals surface area (Å²) < 4.78 is 0.152. The van der Waals surface area contributed by atoms with E-state index in [0.717, 1.165) is 30.5 Å². The Morgan fingerprint density at radius 3 is 2.67 bits per heavy atom. The van der Waals surface area contributed by atoms with E-state index in [2.05, 4.69) is 31.2 Å². The number of nitrogens with two attached hydrogens (primary N) is 1. The summed E-state index contributed by atoms with van der Waals surface area (Å²) >= 11 is 5.37. The highest BCUT2D eigenvalue weighted by Crippen LogP contribution is 2.64. The number of primary amides is 1. The largest absolute Gasteiger partial charge is 0.364 e. The number of alkyl halides is 1. The first kappa shape index (κ1) is 17.4. The van der Waals surface area contributed by atoms with E-state index in [1.807, 2.05) is 5.38 Å². The molecular weight excluding hydrogens is 428 g/mol. The normalized spacial score (nSPS) is 34.0. The molecule has 0 radical (unpaired) electrons. The van der Waals surface area contributed by atoms with E-state index in [0.29, 0.717) is 22.7 Å². The number of H-pyrrole nitrogens is 1. The van der Waals surface area contributed by atoms with Crippen molar-refractivity contribution in [3.8, 4) is 11.3 Å². The lowest BCUT2D eigenvalue weighted by Gasteiger charge is -2.59. The number of anilines is 1. The standard InChI is InChI=1S/C19H21BrN4O2S/c20-19-5-10-1-11(6-19)4-18(3-10,9-19)16(26)24-17-23-14(8-27-17)12-2-13(15(21)25)22-7-12/h2,7-8,10-11,22H,1,3-6,9H2,(H2,21,25)(H,23,24,26).